The molecule has 1 aromatic carbocycles. The van der Waals surface area contributed by atoms with Gasteiger partial charge in [-0.3, -0.25) is 4.99 Å². The summed E-state index contributed by atoms with van der Waals surface area (Å²) in [5.74, 6) is 2.18. The van der Waals surface area contributed by atoms with Crippen LogP contribution in [0.15, 0.2) is 45.1 Å². The lowest BCUT2D eigenvalue weighted by atomic mass is 10.2. The molecule has 0 aliphatic rings. The zero-order valence-corrected chi connectivity index (χ0v) is 15.4. The van der Waals surface area contributed by atoms with Crippen molar-refractivity contribution in [1.29, 1.82) is 0 Å². The Morgan fingerprint density at radius 2 is 1.88 bits per heavy atom. The lowest BCUT2D eigenvalue weighted by molar-refractivity contribution is 0.463. The van der Waals surface area contributed by atoms with Gasteiger partial charge in [-0.05, 0) is 13.8 Å². The maximum absolute atomic E-state index is 5.56. The van der Waals surface area contributed by atoms with Gasteiger partial charge in [-0.1, -0.05) is 30.3 Å². The van der Waals surface area contributed by atoms with Crippen LogP contribution in [-0.2, 0) is 13.1 Å². The van der Waals surface area contributed by atoms with Crippen molar-refractivity contribution in [1.82, 2.24) is 20.6 Å². The average Bonchev–Trinajstić information content (AvgIpc) is 3.23. The van der Waals surface area contributed by atoms with E-state index in [1.54, 1.807) is 18.4 Å². The highest BCUT2D eigenvalue weighted by atomic mass is 32.1. The average molecular weight is 355 g/mol. The van der Waals surface area contributed by atoms with Gasteiger partial charge in [0.2, 0.25) is 5.89 Å². The van der Waals surface area contributed by atoms with Crippen LogP contribution in [0.25, 0.3) is 10.6 Å². The molecule has 0 spiro atoms. The summed E-state index contributed by atoms with van der Waals surface area (Å²) in [7, 11) is 1.73. The number of hydrogen-bond donors (Lipinski definition) is 2. The van der Waals surface area contributed by atoms with Gasteiger partial charge in [-0.25, -0.2) is 9.97 Å². The molecule has 2 aromatic heterocycles. The summed E-state index contributed by atoms with van der Waals surface area (Å²) in [6, 6.07) is 10.2. The minimum Gasteiger partial charge on any atom is -0.444 e. The number of rotatable bonds is 5. The van der Waals surface area contributed by atoms with Gasteiger partial charge in [0.15, 0.2) is 5.96 Å². The minimum absolute atomic E-state index is 0.487. The highest BCUT2D eigenvalue weighted by molar-refractivity contribution is 7.13. The van der Waals surface area contributed by atoms with E-state index in [2.05, 4.69) is 43.1 Å². The van der Waals surface area contributed by atoms with E-state index in [1.165, 1.54) is 0 Å². The molecule has 0 bridgehead atoms. The molecule has 3 rings (SSSR count). The topological polar surface area (TPSA) is 75.3 Å². The van der Waals surface area contributed by atoms with Crippen LogP contribution in [0.4, 0.5) is 0 Å². The second kappa shape index (κ2) is 7.94. The highest BCUT2D eigenvalue weighted by Crippen LogP contribution is 2.23. The number of nitrogens with one attached hydrogen (secondary N) is 2. The summed E-state index contributed by atoms with van der Waals surface area (Å²) >= 11 is 1.64. The van der Waals surface area contributed by atoms with Gasteiger partial charge in [-0.2, -0.15) is 0 Å². The minimum atomic E-state index is 0.487. The largest absolute Gasteiger partial charge is 0.444 e. The molecule has 130 valence electrons. The second-order valence-electron chi connectivity index (χ2n) is 5.54. The number of nitrogens with zero attached hydrogens (tertiary/aromatic N) is 3. The lowest BCUT2D eigenvalue weighted by Gasteiger charge is -2.09. The Kier molecular flexibility index (Phi) is 5.45. The predicted octanol–water partition coefficient (Wildman–Crippen LogP) is 3.28. The summed E-state index contributed by atoms with van der Waals surface area (Å²) in [6.07, 6.45) is 0. The number of thiazole rings is 1. The molecular weight excluding hydrogens is 334 g/mol. The molecule has 0 aliphatic carbocycles. The van der Waals surface area contributed by atoms with Crippen LogP contribution in [-0.4, -0.2) is 23.0 Å². The molecule has 0 atom stereocenters. The number of aryl methyl sites for hydroxylation is 2. The van der Waals surface area contributed by atoms with Crippen molar-refractivity contribution < 1.29 is 4.42 Å². The Balaban J connectivity index is 1.54. The van der Waals surface area contributed by atoms with Gasteiger partial charge in [0, 0.05) is 18.0 Å². The summed E-state index contributed by atoms with van der Waals surface area (Å²) in [5.41, 5.74) is 3.03. The van der Waals surface area contributed by atoms with E-state index in [1.807, 2.05) is 32.0 Å². The smallest absolute Gasteiger partial charge is 0.214 e. The van der Waals surface area contributed by atoms with Crippen molar-refractivity contribution in [2.24, 2.45) is 4.99 Å². The number of benzene rings is 1. The molecule has 2 N–H and O–H groups in total. The molecule has 0 amide bonds. The second-order valence-corrected chi connectivity index (χ2v) is 6.40. The number of oxazole rings is 1. The van der Waals surface area contributed by atoms with E-state index in [0.29, 0.717) is 24.9 Å². The quantitative estimate of drug-likeness (QED) is 0.543. The Hall–Kier alpha value is -2.67. The Bertz CT molecular complexity index is 834. The number of aromatic nitrogens is 2. The lowest BCUT2D eigenvalue weighted by Crippen LogP contribution is -2.36. The zero-order valence-electron chi connectivity index (χ0n) is 14.5. The van der Waals surface area contributed by atoms with Gasteiger partial charge in [0.1, 0.15) is 10.8 Å². The first-order chi connectivity index (χ1) is 12.2. The van der Waals surface area contributed by atoms with Crippen molar-refractivity contribution in [2.75, 3.05) is 7.05 Å². The molecule has 25 heavy (non-hydrogen) atoms. The van der Waals surface area contributed by atoms with Crippen molar-refractivity contribution in [3.63, 3.8) is 0 Å². The summed E-state index contributed by atoms with van der Waals surface area (Å²) in [6.45, 7) is 4.93. The van der Waals surface area contributed by atoms with Gasteiger partial charge in [0.25, 0.3) is 0 Å². The molecule has 0 saturated heterocycles. The molecule has 0 unspecified atom stereocenters. The van der Waals surface area contributed by atoms with Crippen LogP contribution in [0.1, 0.15) is 23.0 Å². The predicted molar refractivity (Wildman–Crippen MR) is 101 cm³/mol. The Morgan fingerprint density at radius 3 is 2.56 bits per heavy atom. The maximum Gasteiger partial charge on any atom is 0.214 e. The fraction of sp³-hybridized carbons (Fsp3) is 0.278. The van der Waals surface area contributed by atoms with Gasteiger partial charge >= 0.3 is 0 Å². The van der Waals surface area contributed by atoms with Crippen molar-refractivity contribution in [3.05, 3.63) is 58.8 Å². The molecule has 3 aromatic rings. The zero-order chi connectivity index (χ0) is 17.6. The number of hydrogen-bond acceptors (Lipinski definition) is 5. The fourth-order valence-electron chi connectivity index (χ4n) is 2.27. The molecule has 0 saturated carbocycles. The van der Waals surface area contributed by atoms with Crippen molar-refractivity contribution in [2.45, 2.75) is 26.9 Å². The summed E-state index contributed by atoms with van der Waals surface area (Å²) < 4.78 is 5.56. The van der Waals surface area contributed by atoms with Gasteiger partial charge < -0.3 is 15.1 Å². The molecule has 0 radical (unpaired) electrons. The van der Waals surface area contributed by atoms with E-state index < -0.39 is 0 Å². The number of aliphatic imine (C=N–C) groups is 1. The molecule has 7 heteroatoms. The van der Waals surface area contributed by atoms with Crippen molar-refractivity contribution >= 4 is 17.3 Å². The van der Waals surface area contributed by atoms with E-state index in [9.17, 15) is 0 Å². The van der Waals surface area contributed by atoms with E-state index in [-0.39, 0.29) is 0 Å². The standard InChI is InChI=1S/C18H21N5OS/c1-12-13(2)24-16(22-12)10-21-18(19-3)20-9-15-11-25-17(23-15)14-7-5-4-6-8-14/h4-8,11H,9-10H2,1-3H3,(H2,19,20,21). The molecule has 0 aliphatic heterocycles. The Labute approximate surface area is 151 Å². The van der Waals surface area contributed by atoms with E-state index in [0.717, 1.165) is 27.7 Å². The van der Waals surface area contributed by atoms with Gasteiger partial charge in [0.05, 0.1) is 24.5 Å². The van der Waals surface area contributed by atoms with Gasteiger partial charge in [-0.15, -0.1) is 11.3 Å². The van der Waals surface area contributed by atoms with Crippen LogP contribution in [0.5, 0.6) is 0 Å². The van der Waals surface area contributed by atoms with Crippen molar-refractivity contribution in [3.8, 4) is 10.6 Å². The summed E-state index contributed by atoms with van der Waals surface area (Å²) in [4.78, 5) is 13.2. The van der Waals surface area contributed by atoms with E-state index in [4.69, 9.17) is 4.42 Å². The van der Waals surface area contributed by atoms with Crippen LogP contribution < -0.4 is 10.6 Å². The first-order valence-electron chi connectivity index (χ1n) is 8.03. The number of guanidine groups is 1. The monoisotopic (exact) mass is 355 g/mol. The van der Waals surface area contributed by atoms with Crippen LogP contribution in [0, 0.1) is 13.8 Å². The van der Waals surface area contributed by atoms with Crippen LogP contribution in [0.3, 0.4) is 0 Å². The third kappa shape index (κ3) is 4.45. The first-order valence-corrected chi connectivity index (χ1v) is 8.91. The molecule has 2 heterocycles. The third-order valence-corrected chi connectivity index (χ3v) is 4.65. The summed E-state index contributed by atoms with van der Waals surface area (Å²) in [5, 5.41) is 9.53. The van der Waals surface area contributed by atoms with E-state index >= 15 is 0 Å². The Morgan fingerprint density at radius 1 is 1.12 bits per heavy atom. The SMILES string of the molecule is CN=C(NCc1csc(-c2ccccc2)n1)NCc1nc(C)c(C)o1. The maximum atomic E-state index is 5.56. The fourth-order valence-corrected chi connectivity index (χ4v) is 3.10. The van der Waals surface area contributed by atoms with Crippen LogP contribution in [0.2, 0.25) is 0 Å². The van der Waals surface area contributed by atoms with Crippen LogP contribution >= 0.6 is 11.3 Å². The molecule has 0 fully saturated rings. The highest BCUT2D eigenvalue weighted by Gasteiger charge is 2.08. The third-order valence-electron chi connectivity index (χ3n) is 3.71. The normalized spacial score (nSPS) is 11.6. The first kappa shape index (κ1) is 17.2. The molecular formula is C18H21N5OS. The molecule has 6 nitrogen and oxygen atoms in total.